The maximum atomic E-state index is 11.5. The molecule has 0 saturated heterocycles. The van der Waals surface area contributed by atoms with Gasteiger partial charge in [0.25, 0.3) is 0 Å². The number of furan rings is 1. The van der Waals surface area contributed by atoms with Crippen molar-refractivity contribution in [2.75, 3.05) is 13.1 Å². The lowest BCUT2D eigenvalue weighted by Gasteiger charge is -2.21. The number of amides is 1. The molecule has 5 nitrogen and oxygen atoms in total. The molecular formula is C13H22N2O3. The Hall–Kier alpha value is -1.49. The van der Waals surface area contributed by atoms with Crippen molar-refractivity contribution in [3.63, 3.8) is 0 Å². The Kier molecular flexibility index (Phi) is 4.78. The first-order valence-electron chi connectivity index (χ1n) is 6.05. The van der Waals surface area contributed by atoms with Crippen molar-refractivity contribution in [2.45, 2.75) is 39.2 Å². The summed E-state index contributed by atoms with van der Waals surface area (Å²) in [5.41, 5.74) is 5.18. The summed E-state index contributed by atoms with van der Waals surface area (Å²) >= 11 is 0. The van der Waals surface area contributed by atoms with Gasteiger partial charge in [-0.15, -0.1) is 0 Å². The molecule has 1 unspecified atom stereocenters. The van der Waals surface area contributed by atoms with Gasteiger partial charge in [0.15, 0.2) is 0 Å². The largest absolute Gasteiger partial charge is 0.466 e. The Bertz CT molecular complexity index is 393. The van der Waals surface area contributed by atoms with E-state index < -0.39 is 11.7 Å². The molecule has 0 bridgehead atoms. The van der Waals surface area contributed by atoms with E-state index >= 15 is 0 Å². The number of hydrogen-bond acceptors (Lipinski definition) is 4. The normalized spacial score (nSPS) is 13.2. The van der Waals surface area contributed by atoms with Gasteiger partial charge in [-0.3, -0.25) is 0 Å². The van der Waals surface area contributed by atoms with Crippen molar-refractivity contribution in [1.29, 1.82) is 0 Å². The zero-order chi connectivity index (χ0) is 13.8. The zero-order valence-electron chi connectivity index (χ0n) is 11.4. The fraction of sp³-hybridized carbons (Fsp3) is 0.615. The van der Waals surface area contributed by atoms with Crippen LogP contribution in [0.4, 0.5) is 4.79 Å². The SMILES string of the molecule is Cc1ccc(C(CN)CNC(=O)OC(C)(C)C)o1. The molecule has 1 atom stereocenters. The highest BCUT2D eigenvalue weighted by Crippen LogP contribution is 2.17. The van der Waals surface area contributed by atoms with Gasteiger partial charge in [-0.2, -0.15) is 0 Å². The third-order valence-corrected chi connectivity index (χ3v) is 2.34. The molecular weight excluding hydrogens is 232 g/mol. The molecule has 0 spiro atoms. The van der Waals surface area contributed by atoms with Crippen molar-refractivity contribution < 1.29 is 13.9 Å². The van der Waals surface area contributed by atoms with Crippen LogP contribution in [0.15, 0.2) is 16.5 Å². The molecule has 0 aliphatic heterocycles. The summed E-state index contributed by atoms with van der Waals surface area (Å²) in [6.45, 7) is 8.15. The van der Waals surface area contributed by atoms with Crippen LogP contribution in [-0.4, -0.2) is 24.8 Å². The number of nitrogens with two attached hydrogens (primary N) is 1. The van der Waals surface area contributed by atoms with Crippen LogP contribution in [0.1, 0.15) is 38.2 Å². The van der Waals surface area contributed by atoms with Gasteiger partial charge in [0.05, 0.1) is 0 Å². The maximum absolute atomic E-state index is 11.5. The fourth-order valence-electron chi connectivity index (χ4n) is 1.49. The second-order valence-corrected chi connectivity index (χ2v) is 5.26. The molecule has 1 aromatic heterocycles. The molecule has 0 saturated carbocycles. The van der Waals surface area contributed by atoms with Gasteiger partial charge in [0, 0.05) is 19.0 Å². The van der Waals surface area contributed by atoms with E-state index in [4.69, 9.17) is 14.9 Å². The molecule has 102 valence electrons. The summed E-state index contributed by atoms with van der Waals surface area (Å²) in [7, 11) is 0. The van der Waals surface area contributed by atoms with Gasteiger partial charge < -0.3 is 20.2 Å². The van der Waals surface area contributed by atoms with E-state index in [1.54, 1.807) is 0 Å². The third-order valence-electron chi connectivity index (χ3n) is 2.34. The smallest absolute Gasteiger partial charge is 0.407 e. The Balaban J connectivity index is 2.48. The van der Waals surface area contributed by atoms with E-state index in [0.717, 1.165) is 11.5 Å². The first-order chi connectivity index (χ1) is 8.31. The van der Waals surface area contributed by atoms with Crippen LogP contribution in [0, 0.1) is 6.92 Å². The average Bonchev–Trinajstić information content (AvgIpc) is 2.63. The molecule has 1 aromatic rings. The molecule has 0 fully saturated rings. The minimum Gasteiger partial charge on any atom is -0.466 e. The van der Waals surface area contributed by atoms with E-state index in [9.17, 15) is 4.79 Å². The number of ether oxygens (including phenoxy) is 1. The predicted octanol–water partition coefficient (Wildman–Crippen LogP) is 2.16. The van der Waals surface area contributed by atoms with Crippen LogP contribution in [0.5, 0.6) is 0 Å². The van der Waals surface area contributed by atoms with Crippen molar-refractivity contribution in [3.05, 3.63) is 23.7 Å². The van der Waals surface area contributed by atoms with E-state index in [0.29, 0.717) is 13.1 Å². The molecule has 1 heterocycles. The number of nitrogens with one attached hydrogen (secondary N) is 1. The lowest BCUT2D eigenvalue weighted by molar-refractivity contribution is 0.0524. The molecule has 1 amide bonds. The van der Waals surface area contributed by atoms with Crippen molar-refractivity contribution in [3.8, 4) is 0 Å². The molecule has 18 heavy (non-hydrogen) atoms. The quantitative estimate of drug-likeness (QED) is 0.863. The Morgan fingerprint density at radius 2 is 2.17 bits per heavy atom. The maximum Gasteiger partial charge on any atom is 0.407 e. The summed E-state index contributed by atoms with van der Waals surface area (Å²) in [4.78, 5) is 11.5. The monoisotopic (exact) mass is 254 g/mol. The van der Waals surface area contributed by atoms with Crippen LogP contribution >= 0.6 is 0 Å². The number of aryl methyl sites for hydroxylation is 1. The number of hydrogen-bond donors (Lipinski definition) is 2. The van der Waals surface area contributed by atoms with Gasteiger partial charge in [0.2, 0.25) is 0 Å². The van der Waals surface area contributed by atoms with Crippen molar-refractivity contribution >= 4 is 6.09 Å². The summed E-state index contributed by atoms with van der Waals surface area (Å²) in [6.07, 6.45) is -0.441. The number of rotatable bonds is 4. The lowest BCUT2D eigenvalue weighted by Crippen LogP contribution is -2.36. The summed E-state index contributed by atoms with van der Waals surface area (Å²) < 4.78 is 10.6. The van der Waals surface area contributed by atoms with Crippen LogP contribution in [-0.2, 0) is 4.74 Å². The topological polar surface area (TPSA) is 77.5 Å². The first-order valence-corrected chi connectivity index (χ1v) is 6.05. The molecule has 0 aliphatic rings. The van der Waals surface area contributed by atoms with E-state index in [2.05, 4.69) is 5.32 Å². The van der Waals surface area contributed by atoms with Crippen molar-refractivity contribution in [1.82, 2.24) is 5.32 Å². The van der Waals surface area contributed by atoms with Crippen LogP contribution in [0.2, 0.25) is 0 Å². The number of carbonyl (C=O) groups excluding carboxylic acids is 1. The highest BCUT2D eigenvalue weighted by molar-refractivity contribution is 5.67. The van der Waals surface area contributed by atoms with Crippen LogP contribution in [0.25, 0.3) is 0 Å². The van der Waals surface area contributed by atoms with Gasteiger partial charge in [0.1, 0.15) is 17.1 Å². The summed E-state index contributed by atoms with van der Waals surface area (Å²) in [5, 5.41) is 2.70. The highest BCUT2D eigenvalue weighted by Gasteiger charge is 2.19. The molecule has 0 radical (unpaired) electrons. The molecule has 0 aliphatic carbocycles. The predicted molar refractivity (Wildman–Crippen MR) is 69.5 cm³/mol. The highest BCUT2D eigenvalue weighted by atomic mass is 16.6. The minimum atomic E-state index is -0.496. The fourth-order valence-corrected chi connectivity index (χ4v) is 1.49. The number of carbonyl (C=O) groups is 1. The van der Waals surface area contributed by atoms with Gasteiger partial charge in [-0.25, -0.2) is 4.79 Å². The van der Waals surface area contributed by atoms with E-state index in [1.165, 1.54) is 0 Å². The van der Waals surface area contributed by atoms with Crippen LogP contribution in [0.3, 0.4) is 0 Å². The Morgan fingerprint density at radius 1 is 1.50 bits per heavy atom. The molecule has 1 rings (SSSR count). The first kappa shape index (κ1) is 14.6. The van der Waals surface area contributed by atoms with Gasteiger partial charge >= 0.3 is 6.09 Å². The number of alkyl carbamates (subject to hydrolysis) is 1. The van der Waals surface area contributed by atoms with E-state index in [-0.39, 0.29) is 5.92 Å². The third kappa shape index (κ3) is 4.79. The molecule has 5 heteroatoms. The summed E-state index contributed by atoms with van der Waals surface area (Å²) in [6, 6.07) is 3.76. The van der Waals surface area contributed by atoms with E-state index in [1.807, 2.05) is 39.8 Å². The lowest BCUT2D eigenvalue weighted by atomic mass is 10.1. The average molecular weight is 254 g/mol. The molecule has 0 aromatic carbocycles. The van der Waals surface area contributed by atoms with Crippen molar-refractivity contribution in [2.24, 2.45) is 5.73 Å². The minimum absolute atomic E-state index is 0.0359. The second-order valence-electron chi connectivity index (χ2n) is 5.26. The summed E-state index contributed by atoms with van der Waals surface area (Å²) in [5.74, 6) is 1.58. The standard InChI is InChI=1S/C13H22N2O3/c1-9-5-6-11(17-9)10(7-14)8-15-12(16)18-13(2,3)4/h5-6,10H,7-8,14H2,1-4H3,(H,15,16). The zero-order valence-corrected chi connectivity index (χ0v) is 11.4. The second kappa shape index (κ2) is 5.91. The Morgan fingerprint density at radius 3 is 2.61 bits per heavy atom. The van der Waals surface area contributed by atoms with Crippen LogP contribution < -0.4 is 11.1 Å². The molecule has 3 N–H and O–H groups in total. The Labute approximate surface area is 108 Å². The van der Waals surface area contributed by atoms with Gasteiger partial charge in [-0.05, 0) is 39.8 Å². The van der Waals surface area contributed by atoms with Gasteiger partial charge in [-0.1, -0.05) is 0 Å².